The Morgan fingerprint density at radius 3 is 2.62 bits per heavy atom. The summed E-state index contributed by atoms with van der Waals surface area (Å²) in [5.74, 6) is 0.506. The highest BCUT2D eigenvalue weighted by Crippen LogP contribution is 2.28. The van der Waals surface area contributed by atoms with E-state index >= 15 is 0 Å². The molecule has 0 aliphatic rings. The van der Waals surface area contributed by atoms with Crippen LogP contribution < -0.4 is 4.74 Å². The molecule has 10 heteroatoms. The number of ether oxygens (including phenoxy) is 1. The molecule has 0 bridgehead atoms. The van der Waals surface area contributed by atoms with Crippen LogP contribution >= 0.6 is 0 Å². The van der Waals surface area contributed by atoms with Gasteiger partial charge in [0.2, 0.25) is 0 Å². The van der Waals surface area contributed by atoms with Crippen LogP contribution in [0.5, 0.6) is 5.75 Å². The number of hydrogen-bond acceptors (Lipinski definition) is 7. The lowest BCUT2D eigenvalue weighted by Crippen LogP contribution is -2.02. The first-order valence-corrected chi connectivity index (χ1v) is 7.43. The molecule has 1 aromatic heterocycles. The topological polar surface area (TPSA) is 126 Å². The maximum absolute atomic E-state index is 11.1. The smallest absolute Gasteiger partial charge is 0.311 e. The van der Waals surface area contributed by atoms with Crippen molar-refractivity contribution in [3.63, 3.8) is 0 Å². The van der Waals surface area contributed by atoms with Crippen LogP contribution in [0.3, 0.4) is 0 Å². The summed E-state index contributed by atoms with van der Waals surface area (Å²) in [6, 6.07) is 10.6. The third kappa shape index (κ3) is 3.48. The van der Waals surface area contributed by atoms with Gasteiger partial charge in [0, 0.05) is 23.8 Å². The molecular weight excluding hydrogens is 342 g/mol. The lowest BCUT2D eigenvalue weighted by atomic mass is 10.2. The van der Waals surface area contributed by atoms with Crippen LogP contribution in [0.1, 0.15) is 5.56 Å². The minimum absolute atomic E-state index is 0.0513. The highest BCUT2D eigenvalue weighted by Gasteiger charge is 2.16. The highest BCUT2D eigenvalue weighted by atomic mass is 16.6. The second-order valence-corrected chi connectivity index (χ2v) is 5.34. The molecule has 0 saturated heterocycles. The zero-order valence-electron chi connectivity index (χ0n) is 13.6. The monoisotopic (exact) mass is 355 g/mol. The van der Waals surface area contributed by atoms with Crippen LogP contribution in [0.2, 0.25) is 0 Å². The minimum Gasteiger partial charge on any atom is -0.490 e. The number of nitro benzene ring substituents is 2. The number of non-ortho nitro benzene ring substituents is 1. The summed E-state index contributed by atoms with van der Waals surface area (Å²) in [5, 5.41) is 26.2. The molecule has 3 aromatic rings. The summed E-state index contributed by atoms with van der Waals surface area (Å²) in [7, 11) is 1.37. The second-order valence-electron chi connectivity index (χ2n) is 5.34. The van der Waals surface area contributed by atoms with Gasteiger partial charge in [-0.2, -0.15) is 5.10 Å². The van der Waals surface area contributed by atoms with Crippen molar-refractivity contribution in [1.29, 1.82) is 0 Å². The van der Waals surface area contributed by atoms with E-state index in [1.807, 2.05) is 0 Å². The SMILES string of the molecule is COc1ccc(Cn2cnc(-c3cccc([N+](=O)[O-])c3)n2)cc1[N+](=O)[O-]. The predicted molar refractivity (Wildman–Crippen MR) is 90.9 cm³/mol. The van der Waals surface area contributed by atoms with E-state index in [2.05, 4.69) is 10.1 Å². The predicted octanol–water partition coefficient (Wildman–Crippen LogP) is 2.82. The van der Waals surface area contributed by atoms with Gasteiger partial charge in [-0.05, 0) is 11.6 Å². The first-order valence-electron chi connectivity index (χ1n) is 7.43. The Morgan fingerprint density at radius 2 is 1.92 bits per heavy atom. The molecule has 0 amide bonds. The van der Waals surface area contributed by atoms with Crippen LogP contribution in [0.15, 0.2) is 48.8 Å². The summed E-state index contributed by atoms with van der Waals surface area (Å²) < 4.78 is 6.47. The summed E-state index contributed by atoms with van der Waals surface area (Å²) in [6.07, 6.45) is 1.46. The van der Waals surface area contributed by atoms with Gasteiger partial charge in [-0.25, -0.2) is 9.67 Å². The Kier molecular flexibility index (Phi) is 4.56. The van der Waals surface area contributed by atoms with Gasteiger partial charge in [0.15, 0.2) is 11.6 Å². The van der Waals surface area contributed by atoms with Gasteiger partial charge in [-0.1, -0.05) is 18.2 Å². The van der Waals surface area contributed by atoms with E-state index in [4.69, 9.17) is 4.74 Å². The van der Waals surface area contributed by atoms with Gasteiger partial charge in [-0.15, -0.1) is 0 Å². The van der Waals surface area contributed by atoms with Crippen LogP contribution in [0.4, 0.5) is 11.4 Å². The number of benzene rings is 2. The summed E-state index contributed by atoms with van der Waals surface area (Å²) in [4.78, 5) is 25.1. The van der Waals surface area contributed by atoms with E-state index < -0.39 is 9.85 Å². The third-order valence-electron chi connectivity index (χ3n) is 3.64. The number of aromatic nitrogens is 3. The van der Waals surface area contributed by atoms with E-state index in [0.29, 0.717) is 17.0 Å². The zero-order chi connectivity index (χ0) is 18.7. The molecule has 0 atom stereocenters. The van der Waals surface area contributed by atoms with Gasteiger partial charge in [0.05, 0.1) is 23.5 Å². The highest BCUT2D eigenvalue weighted by molar-refractivity contribution is 5.58. The number of nitrogens with zero attached hydrogens (tertiary/aromatic N) is 5. The fourth-order valence-electron chi connectivity index (χ4n) is 2.43. The maximum Gasteiger partial charge on any atom is 0.311 e. The van der Waals surface area contributed by atoms with Crippen molar-refractivity contribution >= 4 is 11.4 Å². The van der Waals surface area contributed by atoms with Crippen molar-refractivity contribution in [2.45, 2.75) is 6.54 Å². The number of hydrogen-bond donors (Lipinski definition) is 0. The number of rotatable bonds is 6. The number of nitro groups is 2. The van der Waals surface area contributed by atoms with E-state index in [1.54, 1.807) is 18.2 Å². The first-order chi connectivity index (χ1) is 12.5. The van der Waals surface area contributed by atoms with Gasteiger partial charge < -0.3 is 4.74 Å². The molecule has 0 spiro atoms. The summed E-state index contributed by atoms with van der Waals surface area (Å²) in [5.41, 5.74) is 0.973. The maximum atomic E-state index is 11.1. The molecule has 3 rings (SSSR count). The average molecular weight is 355 g/mol. The number of methoxy groups -OCH3 is 1. The van der Waals surface area contributed by atoms with Crippen molar-refractivity contribution in [3.8, 4) is 17.1 Å². The van der Waals surface area contributed by atoms with Crippen LogP contribution in [-0.4, -0.2) is 31.7 Å². The molecule has 0 fully saturated rings. The molecule has 26 heavy (non-hydrogen) atoms. The fourth-order valence-corrected chi connectivity index (χ4v) is 2.43. The van der Waals surface area contributed by atoms with Crippen molar-refractivity contribution < 1.29 is 14.6 Å². The lowest BCUT2D eigenvalue weighted by molar-refractivity contribution is -0.385. The van der Waals surface area contributed by atoms with Crippen LogP contribution in [-0.2, 0) is 6.54 Å². The molecular formula is C16H13N5O5. The molecule has 1 heterocycles. The van der Waals surface area contributed by atoms with Gasteiger partial charge in [0.25, 0.3) is 5.69 Å². The van der Waals surface area contributed by atoms with Gasteiger partial charge >= 0.3 is 5.69 Å². The molecule has 10 nitrogen and oxygen atoms in total. The Morgan fingerprint density at radius 1 is 1.12 bits per heavy atom. The Bertz CT molecular complexity index is 985. The van der Waals surface area contributed by atoms with Gasteiger partial charge in [0.1, 0.15) is 6.33 Å². The summed E-state index contributed by atoms with van der Waals surface area (Å²) in [6.45, 7) is 0.257. The Labute approximate surface area is 147 Å². The quantitative estimate of drug-likeness (QED) is 0.491. The van der Waals surface area contributed by atoms with Crippen molar-refractivity contribution in [3.05, 3.63) is 74.6 Å². The van der Waals surface area contributed by atoms with Crippen molar-refractivity contribution in [1.82, 2.24) is 14.8 Å². The van der Waals surface area contributed by atoms with Crippen molar-refractivity contribution in [2.24, 2.45) is 0 Å². The second kappa shape index (κ2) is 6.97. The van der Waals surface area contributed by atoms with E-state index in [0.717, 1.165) is 0 Å². The van der Waals surface area contributed by atoms with Crippen molar-refractivity contribution in [2.75, 3.05) is 7.11 Å². The first kappa shape index (κ1) is 17.0. The molecule has 132 valence electrons. The standard InChI is InChI=1S/C16H13N5O5/c1-26-15-6-5-11(7-14(15)21(24)25)9-19-10-17-16(18-19)12-3-2-4-13(8-12)20(22)23/h2-8,10H,9H2,1H3. The normalized spacial score (nSPS) is 10.5. The molecule has 0 saturated carbocycles. The van der Waals surface area contributed by atoms with Crippen LogP contribution in [0.25, 0.3) is 11.4 Å². The Balaban J connectivity index is 1.85. The van der Waals surface area contributed by atoms with E-state index in [-0.39, 0.29) is 23.7 Å². The molecule has 0 aliphatic carbocycles. The zero-order valence-corrected chi connectivity index (χ0v) is 13.6. The molecule has 2 aromatic carbocycles. The third-order valence-corrected chi connectivity index (χ3v) is 3.64. The average Bonchev–Trinajstić information content (AvgIpc) is 3.10. The van der Waals surface area contributed by atoms with Crippen LogP contribution in [0, 0.1) is 20.2 Å². The minimum atomic E-state index is -0.516. The fraction of sp³-hybridized carbons (Fsp3) is 0.125. The molecule has 0 unspecified atom stereocenters. The largest absolute Gasteiger partial charge is 0.490 e. The molecule has 0 aliphatic heterocycles. The molecule has 0 N–H and O–H groups in total. The van der Waals surface area contributed by atoms with E-state index in [1.165, 1.54) is 42.4 Å². The molecule has 0 radical (unpaired) electrons. The lowest BCUT2D eigenvalue weighted by Gasteiger charge is -2.05. The van der Waals surface area contributed by atoms with E-state index in [9.17, 15) is 20.2 Å². The summed E-state index contributed by atoms with van der Waals surface area (Å²) >= 11 is 0. The van der Waals surface area contributed by atoms with Gasteiger partial charge in [-0.3, -0.25) is 20.2 Å². The Hall–Kier alpha value is -3.82.